The number of nitrogens with zero attached hydrogens (tertiary/aromatic N) is 2. The summed E-state index contributed by atoms with van der Waals surface area (Å²) < 4.78 is 1.89. The number of amides is 1. The average Bonchev–Trinajstić information content (AvgIpc) is 2.85. The molecule has 5 nitrogen and oxygen atoms in total. The van der Waals surface area contributed by atoms with Gasteiger partial charge in [0.2, 0.25) is 5.91 Å². The van der Waals surface area contributed by atoms with Crippen LogP contribution in [0.25, 0.3) is 5.65 Å². The molecule has 2 rings (SSSR count). The van der Waals surface area contributed by atoms with Gasteiger partial charge in [-0.25, -0.2) is 4.98 Å². The normalized spacial score (nSPS) is 14.2. The second-order valence-electron chi connectivity index (χ2n) is 5.13. The highest BCUT2D eigenvalue weighted by atomic mass is 16.3. The van der Waals surface area contributed by atoms with Gasteiger partial charge in [-0.3, -0.25) is 4.79 Å². The summed E-state index contributed by atoms with van der Waals surface area (Å²) in [6, 6.07) is 5.73. The molecule has 2 N–H and O–H groups in total. The second kappa shape index (κ2) is 6.52. The Kier molecular flexibility index (Phi) is 4.74. The molecule has 0 saturated heterocycles. The van der Waals surface area contributed by atoms with E-state index >= 15 is 0 Å². The molecule has 2 atom stereocenters. The van der Waals surface area contributed by atoms with Crippen LogP contribution in [0.15, 0.2) is 30.6 Å². The molecule has 2 unspecified atom stereocenters. The van der Waals surface area contributed by atoms with E-state index in [9.17, 15) is 9.90 Å². The zero-order valence-corrected chi connectivity index (χ0v) is 11.9. The molecule has 20 heavy (non-hydrogen) atoms. The summed E-state index contributed by atoms with van der Waals surface area (Å²) >= 11 is 0. The maximum Gasteiger partial charge on any atom is 0.226 e. The molecule has 0 saturated carbocycles. The highest BCUT2D eigenvalue weighted by Crippen LogP contribution is 2.07. The van der Waals surface area contributed by atoms with Crippen LogP contribution >= 0.6 is 0 Å². The van der Waals surface area contributed by atoms with Crippen LogP contribution in [0.5, 0.6) is 0 Å². The highest BCUT2D eigenvalue weighted by Gasteiger charge is 2.14. The fraction of sp³-hybridized carbons (Fsp3) is 0.467. The van der Waals surface area contributed by atoms with Gasteiger partial charge in [0.05, 0.1) is 18.2 Å². The van der Waals surface area contributed by atoms with Gasteiger partial charge in [-0.1, -0.05) is 26.3 Å². The van der Waals surface area contributed by atoms with E-state index in [1.165, 1.54) is 0 Å². The van der Waals surface area contributed by atoms with Gasteiger partial charge < -0.3 is 14.8 Å². The van der Waals surface area contributed by atoms with Crippen LogP contribution in [0.2, 0.25) is 0 Å². The first-order chi connectivity index (χ1) is 9.60. The molecule has 0 aromatic carbocycles. The third kappa shape index (κ3) is 3.57. The Hall–Kier alpha value is -1.88. The Balaban J connectivity index is 1.88. The minimum atomic E-state index is -0.495. The van der Waals surface area contributed by atoms with E-state index in [1.54, 1.807) is 0 Å². The Labute approximate surface area is 118 Å². The average molecular weight is 275 g/mol. The Morgan fingerprint density at radius 3 is 3.00 bits per heavy atom. The van der Waals surface area contributed by atoms with Crippen LogP contribution in [-0.2, 0) is 11.2 Å². The molecule has 0 aliphatic carbocycles. The lowest BCUT2D eigenvalue weighted by Crippen LogP contribution is -2.36. The zero-order chi connectivity index (χ0) is 14.5. The van der Waals surface area contributed by atoms with Crippen molar-refractivity contribution in [1.82, 2.24) is 14.7 Å². The molecule has 0 aliphatic rings. The molecule has 0 bridgehead atoms. The van der Waals surface area contributed by atoms with Crippen LogP contribution in [0, 0.1) is 5.92 Å². The van der Waals surface area contributed by atoms with Crippen molar-refractivity contribution in [1.29, 1.82) is 0 Å². The number of hydrogen-bond donors (Lipinski definition) is 2. The van der Waals surface area contributed by atoms with E-state index in [-0.39, 0.29) is 18.2 Å². The molecule has 0 aliphatic heterocycles. The van der Waals surface area contributed by atoms with Crippen molar-refractivity contribution >= 4 is 11.6 Å². The van der Waals surface area contributed by atoms with Crippen molar-refractivity contribution in [2.45, 2.75) is 32.8 Å². The number of carbonyl (C=O) groups is 1. The number of imidazole rings is 1. The van der Waals surface area contributed by atoms with Crippen molar-refractivity contribution in [3.63, 3.8) is 0 Å². The van der Waals surface area contributed by atoms with Crippen molar-refractivity contribution in [2.24, 2.45) is 5.92 Å². The predicted molar refractivity (Wildman–Crippen MR) is 77.4 cm³/mol. The van der Waals surface area contributed by atoms with Crippen molar-refractivity contribution in [3.05, 3.63) is 36.3 Å². The lowest BCUT2D eigenvalue weighted by molar-refractivity contribution is -0.121. The van der Waals surface area contributed by atoms with E-state index in [4.69, 9.17) is 0 Å². The largest absolute Gasteiger partial charge is 0.391 e. The predicted octanol–water partition coefficient (Wildman–Crippen LogP) is 1.40. The molecular weight excluding hydrogens is 254 g/mol. The first-order valence-corrected chi connectivity index (χ1v) is 6.97. The molecular formula is C15H21N3O2. The second-order valence-corrected chi connectivity index (χ2v) is 5.13. The van der Waals surface area contributed by atoms with Crippen molar-refractivity contribution < 1.29 is 9.90 Å². The van der Waals surface area contributed by atoms with E-state index in [0.29, 0.717) is 6.54 Å². The SMILES string of the molecule is CCC(C)C(O)CNC(=O)Cc1cn2ccccc2n1. The Morgan fingerprint density at radius 1 is 1.50 bits per heavy atom. The summed E-state index contributed by atoms with van der Waals surface area (Å²) in [6.07, 6.45) is 4.37. The summed E-state index contributed by atoms with van der Waals surface area (Å²) in [5.41, 5.74) is 1.56. The minimum absolute atomic E-state index is 0.115. The van der Waals surface area contributed by atoms with Crippen LogP contribution in [-0.4, -0.2) is 33.0 Å². The maximum atomic E-state index is 11.8. The topological polar surface area (TPSA) is 66.6 Å². The van der Waals surface area contributed by atoms with E-state index < -0.39 is 6.10 Å². The lowest BCUT2D eigenvalue weighted by Gasteiger charge is -2.17. The molecule has 2 aromatic heterocycles. The third-order valence-electron chi connectivity index (χ3n) is 3.56. The van der Waals surface area contributed by atoms with E-state index in [0.717, 1.165) is 17.8 Å². The van der Waals surface area contributed by atoms with Gasteiger partial charge in [0.25, 0.3) is 0 Å². The fourth-order valence-corrected chi connectivity index (χ4v) is 1.99. The number of rotatable bonds is 6. The van der Waals surface area contributed by atoms with E-state index in [2.05, 4.69) is 10.3 Å². The van der Waals surface area contributed by atoms with Crippen molar-refractivity contribution in [3.8, 4) is 0 Å². The molecule has 0 radical (unpaired) electrons. The van der Waals surface area contributed by atoms with Crippen LogP contribution in [0.4, 0.5) is 0 Å². The zero-order valence-electron chi connectivity index (χ0n) is 11.9. The summed E-state index contributed by atoms with van der Waals surface area (Å²) in [7, 11) is 0. The molecule has 0 spiro atoms. The van der Waals surface area contributed by atoms with Crippen LogP contribution < -0.4 is 5.32 Å². The smallest absolute Gasteiger partial charge is 0.226 e. The summed E-state index contributed by atoms with van der Waals surface area (Å²) in [6.45, 7) is 4.28. The van der Waals surface area contributed by atoms with E-state index in [1.807, 2.05) is 48.8 Å². The van der Waals surface area contributed by atoms with Crippen LogP contribution in [0.3, 0.4) is 0 Å². The summed E-state index contributed by atoms with van der Waals surface area (Å²) in [5, 5.41) is 12.6. The number of pyridine rings is 1. The Bertz CT molecular complexity index is 546. The minimum Gasteiger partial charge on any atom is -0.391 e. The fourth-order valence-electron chi connectivity index (χ4n) is 1.99. The summed E-state index contributed by atoms with van der Waals surface area (Å²) in [4.78, 5) is 16.2. The van der Waals surface area contributed by atoms with Crippen LogP contribution in [0.1, 0.15) is 26.0 Å². The number of carbonyl (C=O) groups excluding carboxylic acids is 1. The van der Waals surface area contributed by atoms with Gasteiger partial charge in [0.1, 0.15) is 5.65 Å². The molecule has 1 amide bonds. The number of fused-ring (bicyclic) bond motifs is 1. The van der Waals surface area contributed by atoms with Crippen molar-refractivity contribution in [2.75, 3.05) is 6.54 Å². The highest BCUT2D eigenvalue weighted by molar-refractivity contribution is 5.78. The van der Waals surface area contributed by atoms with Gasteiger partial charge in [-0.05, 0) is 18.1 Å². The van der Waals surface area contributed by atoms with Gasteiger partial charge in [-0.2, -0.15) is 0 Å². The van der Waals surface area contributed by atoms with Gasteiger partial charge >= 0.3 is 0 Å². The van der Waals surface area contributed by atoms with Gasteiger partial charge in [-0.15, -0.1) is 0 Å². The molecule has 5 heteroatoms. The number of nitrogens with one attached hydrogen (secondary N) is 1. The first-order valence-electron chi connectivity index (χ1n) is 6.97. The molecule has 2 heterocycles. The van der Waals surface area contributed by atoms with Gasteiger partial charge in [0, 0.05) is 18.9 Å². The number of hydrogen-bond acceptors (Lipinski definition) is 3. The molecule has 2 aromatic rings. The monoisotopic (exact) mass is 275 g/mol. The molecule has 0 fully saturated rings. The number of aromatic nitrogens is 2. The van der Waals surface area contributed by atoms with Gasteiger partial charge in [0.15, 0.2) is 0 Å². The lowest BCUT2D eigenvalue weighted by atomic mass is 10.0. The maximum absolute atomic E-state index is 11.8. The summed E-state index contributed by atoms with van der Waals surface area (Å²) in [5.74, 6) is 0.0706. The first kappa shape index (κ1) is 14.5. The quantitative estimate of drug-likeness (QED) is 0.837. The standard InChI is InChI=1S/C15H21N3O2/c1-3-11(2)13(19)9-16-15(20)8-12-10-18-7-5-4-6-14(18)17-12/h4-7,10-11,13,19H,3,8-9H2,1-2H3,(H,16,20). The Morgan fingerprint density at radius 2 is 2.30 bits per heavy atom. The number of aliphatic hydroxyl groups excluding tert-OH is 1. The molecule has 108 valence electrons. The number of aliphatic hydroxyl groups is 1. The third-order valence-corrected chi connectivity index (χ3v) is 3.56.